The predicted octanol–water partition coefficient (Wildman–Crippen LogP) is 1.79. The highest BCUT2D eigenvalue weighted by Gasteiger charge is 2.00. The summed E-state index contributed by atoms with van der Waals surface area (Å²) in [6.07, 6.45) is -0.543. The van der Waals surface area contributed by atoms with Crippen molar-refractivity contribution >= 4 is 11.6 Å². The third kappa shape index (κ3) is 1.69. The molecule has 54 valence electrons. The summed E-state index contributed by atoms with van der Waals surface area (Å²) in [5.41, 5.74) is 0.604. The SMILES string of the molecule is CC(O)c1cccc(Cl)n1. The Morgan fingerprint density at radius 1 is 1.60 bits per heavy atom. The van der Waals surface area contributed by atoms with Crippen LogP contribution in [0.5, 0.6) is 0 Å². The maximum absolute atomic E-state index is 9.03. The van der Waals surface area contributed by atoms with Gasteiger partial charge >= 0.3 is 0 Å². The van der Waals surface area contributed by atoms with Crippen molar-refractivity contribution in [1.82, 2.24) is 4.98 Å². The van der Waals surface area contributed by atoms with Crippen LogP contribution in [-0.4, -0.2) is 10.1 Å². The van der Waals surface area contributed by atoms with E-state index < -0.39 is 6.10 Å². The van der Waals surface area contributed by atoms with Gasteiger partial charge in [0.15, 0.2) is 0 Å². The van der Waals surface area contributed by atoms with Gasteiger partial charge in [-0.2, -0.15) is 0 Å². The minimum absolute atomic E-state index is 0.415. The molecule has 2 nitrogen and oxygen atoms in total. The van der Waals surface area contributed by atoms with Crippen LogP contribution in [0.25, 0.3) is 0 Å². The highest BCUT2D eigenvalue weighted by atomic mass is 35.5. The fourth-order valence-corrected chi connectivity index (χ4v) is 0.827. The van der Waals surface area contributed by atoms with Crippen LogP contribution in [0, 0.1) is 0 Å². The molecular weight excluding hydrogens is 150 g/mol. The van der Waals surface area contributed by atoms with Crippen molar-refractivity contribution in [3.8, 4) is 0 Å². The Morgan fingerprint density at radius 2 is 2.30 bits per heavy atom. The molecule has 3 heteroatoms. The molecule has 0 aliphatic carbocycles. The molecule has 10 heavy (non-hydrogen) atoms. The first-order valence-electron chi connectivity index (χ1n) is 3.00. The number of nitrogens with zero attached hydrogens (tertiary/aromatic N) is 1. The molecule has 1 atom stereocenters. The third-order valence-electron chi connectivity index (χ3n) is 1.16. The summed E-state index contributed by atoms with van der Waals surface area (Å²) in [5, 5.41) is 9.44. The number of pyridine rings is 1. The molecular formula is C7H8ClNO. The maximum Gasteiger partial charge on any atom is 0.129 e. The monoisotopic (exact) mass is 157 g/mol. The summed E-state index contributed by atoms with van der Waals surface area (Å²) in [5.74, 6) is 0. The summed E-state index contributed by atoms with van der Waals surface area (Å²) >= 11 is 5.57. The van der Waals surface area contributed by atoms with Crippen LogP contribution in [-0.2, 0) is 0 Å². The van der Waals surface area contributed by atoms with Gasteiger partial charge in [-0.25, -0.2) is 4.98 Å². The summed E-state index contributed by atoms with van der Waals surface area (Å²) in [6.45, 7) is 1.65. The lowest BCUT2D eigenvalue weighted by atomic mass is 10.2. The second kappa shape index (κ2) is 2.99. The van der Waals surface area contributed by atoms with Crippen LogP contribution >= 0.6 is 11.6 Å². The molecule has 0 saturated heterocycles. The molecule has 0 saturated carbocycles. The highest BCUT2D eigenvalue weighted by Crippen LogP contribution is 2.11. The largest absolute Gasteiger partial charge is 0.387 e. The Labute approximate surface area is 64.5 Å². The van der Waals surface area contributed by atoms with E-state index in [-0.39, 0.29) is 0 Å². The average molecular weight is 158 g/mol. The number of hydrogen-bond donors (Lipinski definition) is 1. The van der Waals surface area contributed by atoms with E-state index in [4.69, 9.17) is 16.7 Å². The molecule has 0 spiro atoms. The van der Waals surface area contributed by atoms with E-state index in [2.05, 4.69) is 4.98 Å². The average Bonchev–Trinajstić information content (AvgIpc) is 1.88. The van der Waals surface area contributed by atoms with Gasteiger partial charge < -0.3 is 5.11 Å². The molecule has 0 aliphatic rings. The van der Waals surface area contributed by atoms with E-state index >= 15 is 0 Å². The Balaban J connectivity index is 2.96. The van der Waals surface area contributed by atoms with Crippen LogP contribution < -0.4 is 0 Å². The molecule has 1 heterocycles. The van der Waals surface area contributed by atoms with Gasteiger partial charge in [-0.1, -0.05) is 17.7 Å². The lowest BCUT2D eigenvalue weighted by Crippen LogP contribution is -1.93. The van der Waals surface area contributed by atoms with Gasteiger partial charge in [-0.3, -0.25) is 0 Å². The van der Waals surface area contributed by atoms with Crippen LogP contribution in [0.2, 0.25) is 5.15 Å². The summed E-state index contributed by atoms with van der Waals surface area (Å²) < 4.78 is 0. The normalized spacial score (nSPS) is 13.1. The first kappa shape index (κ1) is 7.51. The van der Waals surface area contributed by atoms with Crippen molar-refractivity contribution in [3.63, 3.8) is 0 Å². The molecule has 0 radical (unpaired) electrons. The lowest BCUT2D eigenvalue weighted by molar-refractivity contribution is 0.194. The van der Waals surface area contributed by atoms with Gasteiger partial charge in [-0.15, -0.1) is 0 Å². The van der Waals surface area contributed by atoms with Gasteiger partial charge in [0.2, 0.25) is 0 Å². The highest BCUT2D eigenvalue weighted by molar-refractivity contribution is 6.29. The molecule has 0 fully saturated rings. The van der Waals surface area contributed by atoms with Crippen molar-refractivity contribution in [2.75, 3.05) is 0 Å². The summed E-state index contributed by atoms with van der Waals surface area (Å²) in [4.78, 5) is 3.89. The lowest BCUT2D eigenvalue weighted by Gasteiger charge is -2.01. The van der Waals surface area contributed by atoms with E-state index in [0.717, 1.165) is 0 Å². The van der Waals surface area contributed by atoms with Crippen molar-refractivity contribution in [2.45, 2.75) is 13.0 Å². The predicted molar refractivity (Wildman–Crippen MR) is 39.9 cm³/mol. The van der Waals surface area contributed by atoms with Gasteiger partial charge in [0, 0.05) is 0 Å². The topological polar surface area (TPSA) is 33.1 Å². The Hall–Kier alpha value is -0.600. The van der Waals surface area contributed by atoms with Gasteiger partial charge in [-0.05, 0) is 19.1 Å². The molecule has 0 bridgehead atoms. The smallest absolute Gasteiger partial charge is 0.129 e. The quantitative estimate of drug-likeness (QED) is 0.631. The summed E-state index contributed by atoms with van der Waals surface area (Å²) in [7, 11) is 0. The molecule has 1 aromatic rings. The number of hydrogen-bond acceptors (Lipinski definition) is 2. The molecule has 0 aromatic carbocycles. The molecule has 1 unspecified atom stereocenters. The second-order valence-electron chi connectivity index (χ2n) is 2.06. The molecule has 1 rings (SSSR count). The van der Waals surface area contributed by atoms with Gasteiger partial charge in [0.1, 0.15) is 5.15 Å². The van der Waals surface area contributed by atoms with E-state index in [9.17, 15) is 0 Å². The first-order valence-corrected chi connectivity index (χ1v) is 3.38. The third-order valence-corrected chi connectivity index (χ3v) is 1.38. The number of rotatable bonds is 1. The fraction of sp³-hybridized carbons (Fsp3) is 0.286. The Kier molecular flexibility index (Phi) is 2.25. The first-order chi connectivity index (χ1) is 4.70. The van der Waals surface area contributed by atoms with Crippen LogP contribution in [0.1, 0.15) is 18.7 Å². The molecule has 0 amide bonds. The molecule has 1 aromatic heterocycles. The van der Waals surface area contributed by atoms with E-state index in [1.54, 1.807) is 25.1 Å². The number of aliphatic hydroxyl groups is 1. The number of aromatic nitrogens is 1. The van der Waals surface area contributed by atoms with Crippen LogP contribution in [0.15, 0.2) is 18.2 Å². The maximum atomic E-state index is 9.03. The molecule has 1 N–H and O–H groups in total. The standard InChI is InChI=1S/C7H8ClNO/c1-5(10)6-3-2-4-7(8)9-6/h2-5,10H,1H3. The zero-order chi connectivity index (χ0) is 7.56. The molecule has 0 aliphatic heterocycles. The Bertz CT molecular complexity index is 225. The van der Waals surface area contributed by atoms with Gasteiger partial charge in [0.25, 0.3) is 0 Å². The van der Waals surface area contributed by atoms with Gasteiger partial charge in [0.05, 0.1) is 11.8 Å². The summed E-state index contributed by atoms with van der Waals surface area (Å²) in [6, 6.07) is 5.17. The van der Waals surface area contributed by atoms with Crippen molar-refractivity contribution in [3.05, 3.63) is 29.0 Å². The zero-order valence-electron chi connectivity index (χ0n) is 5.58. The number of halogens is 1. The van der Waals surface area contributed by atoms with E-state index in [1.807, 2.05) is 0 Å². The van der Waals surface area contributed by atoms with Crippen molar-refractivity contribution in [2.24, 2.45) is 0 Å². The Morgan fingerprint density at radius 3 is 2.70 bits per heavy atom. The minimum Gasteiger partial charge on any atom is -0.387 e. The van der Waals surface area contributed by atoms with Crippen LogP contribution in [0.3, 0.4) is 0 Å². The number of aliphatic hydroxyl groups excluding tert-OH is 1. The van der Waals surface area contributed by atoms with E-state index in [0.29, 0.717) is 10.8 Å². The van der Waals surface area contributed by atoms with Crippen molar-refractivity contribution in [1.29, 1.82) is 0 Å². The van der Waals surface area contributed by atoms with E-state index in [1.165, 1.54) is 0 Å². The second-order valence-corrected chi connectivity index (χ2v) is 2.45. The van der Waals surface area contributed by atoms with Crippen molar-refractivity contribution < 1.29 is 5.11 Å². The zero-order valence-corrected chi connectivity index (χ0v) is 6.34. The minimum atomic E-state index is -0.543. The fourth-order valence-electron chi connectivity index (χ4n) is 0.657. The van der Waals surface area contributed by atoms with Crippen LogP contribution in [0.4, 0.5) is 0 Å².